The highest BCUT2D eigenvalue weighted by molar-refractivity contribution is 7.90. The van der Waals surface area contributed by atoms with Gasteiger partial charge in [0.1, 0.15) is 0 Å². The van der Waals surface area contributed by atoms with Gasteiger partial charge in [-0.15, -0.1) is 0 Å². The zero-order valence-corrected chi connectivity index (χ0v) is 21.3. The summed E-state index contributed by atoms with van der Waals surface area (Å²) < 4.78 is 28.8. The van der Waals surface area contributed by atoms with Crippen LogP contribution in [0.4, 0.5) is 0 Å². The summed E-state index contributed by atoms with van der Waals surface area (Å²) in [4.78, 5) is 6.42. The van der Waals surface area contributed by atoms with E-state index in [1.165, 1.54) is 0 Å². The van der Waals surface area contributed by atoms with E-state index in [9.17, 15) is 8.42 Å². The minimum atomic E-state index is -3.66. The van der Waals surface area contributed by atoms with Gasteiger partial charge in [0.15, 0.2) is 5.11 Å². The highest BCUT2D eigenvalue weighted by atomic mass is 32.2. The van der Waals surface area contributed by atoms with Crippen LogP contribution in [0.1, 0.15) is 43.2 Å². The Bertz CT molecular complexity index is 1190. The van der Waals surface area contributed by atoms with Crippen molar-refractivity contribution in [1.82, 2.24) is 19.8 Å². The van der Waals surface area contributed by atoms with Crippen LogP contribution >= 0.6 is 12.2 Å². The Hall–Kier alpha value is -2.71. The standard InChI is InChI=1S/C25H32N4O2S2/c1-5-28(24(32)27-19(2)3)17-23-15-26-25(29(23)16-21-12-7-6-8-13-21)33(30,31)18-22-14-10-9-11-20(22)4/h6-15,19H,5,16-18H2,1-4H3,(H,27,32). The third-order valence-corrected chi connectivity index (χ3v) is 7.35. The second kappa shape index (κ2) is 10.9. The molecule has 176 valence electrons. The van der Waals surface area contributed by atoms with Crippen LogP contribution in [0.2, 0.25) is 0 Å². The Morgan fingerprint density at radius 3 is 2.42 bits per heavy atom. The van der Waals surface area contributed by atoms with Gasteiger partial charge in [0.2, 0.25) is 15.0 Å². The fourth-order valence-electron chi connectivity index (χ4n) is 3.60. The van der Waals surface area contributed by atoms with Crippen LogP contribution in [0.3, 0.4) is 0 Å². The number of aromatic nitrogens is 2. The lowest BCUT2D eigenvalue weighted by atomic mass is 10.1. The molecule has 0 aliphatic carbocycles. The van der Waals surface area contributed by atoms with Crippen LogP contribution in [0.15, 0.2) is 66.0 Å². The normalized spacial score (nSPS) is 11.5. The van der Waals surface area contributed by atoms with Crippen molar-refractivity contribution in [3.8, 4) is 0 Å². The number of hydrogen-bond donors (Lipinski definition) is 1. The number of benzene rings is 2. The molecule has 0 aliphatic heterocycles. The lowest BCUT2D eigenvalue weighted by molar-refractivity contribution is 0.405. The summed E-state index contributed by atoms with van der Waals surface area (Å²) in [5, 5.41) is 4.00. The molecule has 6 nitrogen and oxygen atoms in total. The van der Waals surface area contributed by atoms with Gasteiger partial charge in [-0.25, -0.2) is 13.4 Å². The van der Waals surface area contributed by atoms with E-state index in [-0.39, 0.29) is 17.0 Å². The van der Waals surface area contributed by atoms with E-state index in [1.807, 2.05) is 91.8 Å². The number of rotatable bonds is 9. The van der Waals surface area contributed by atoms with Crippen LogP contribution < -0.4 is 5.32 Å². The van der Waals surface area contributed by atoms with Crippen LogP contribution in [-0.4, -0.2) is 40.6 Å². The van der Waals surface area contributed by atoms with Crippen molar-refractivity contribution >= 4 is 27.2 Å². The first-order chi connectivity index (χ1) is 15.7. The Kier molecular flexibility index (Phi) is 8.26. The van der Waals surface area contributed by atoms with Gasteiger partial charge in [-0.3, -0.25) is 0 Å². The van der Waals surface area contributed by atoms with Crippen LogP contribution in [0.25, 0.3) is 0 Å². The highest BCUT2D eigenvalue weighted by Crippen LogP contribution is 2.22. The van der Waals surface area contributed by atoms with Gasteiger partial charge in [0.25, 0.3) is 0 Å². The topological polar surface area (TPSA) is 67.2 Å². The molecular weight excluding hydrogens is 452 g/mol. The summed E-state index contributed by atoms with van der Waals surface area (Å²) >= 11 is 5.57. The van der Waals surface area contributed by atoms with Crippen LogP contribution in [0, 0.1) is 6.92 Å². The van der Waals surface area contributed by atoms with Crippen molar-refractivity contribution in [3.63, 3.8) is 0 Å². The molecule has 8 heteroatoms. The molecule has 0 saturated heterocycles. The first kappa shape index (κ1) is 24.9. The first-order valence-electron chi connectivity index (χ1n) is 11.1. The average molecular weight is 485 g/mol. The summed E-state index contributed by atoms with van der Waals surface area (Å²) in [6, 6.07) is 17.6. The molecule has 0 fully saturated rings. The van der Waals surface area contributed by atoms with Crippen molar-refractivity contribution in [2.75, 3.05) is 6.54 Å². The molecule has 0 spiro atoms. The molecule has 0 bridgehead atoms. The smallest absolute Gasteiger partial charge is 0.228 e. The molecule has 0 amide bonds. The molecule has 33 heavy (non-hydrogen) atoms. The minimum Gasteiger partial charge on any atom is -0.360 e. The molecule has 1 N–H and O–H groups in total. The number of aryl methyl sites for hydroxylation is 1. The van der Waals surface area contributed by atoms with E-state index in [1.54, 1.807) is 6.20 Å². The zero-order chi connectivity index (χ0) is 24.0. The van der Waals surface area contributed by atoms with E-state index < -0.39 is 9.84 Å². The maximum absolute atomic E-state index is 13.5. The molecule has 0 saturated carbocycles. The van der Waals surface area contributed by atoms with Gasteiger partial charge in [0.05, 0.1) is 30.7 Å². The van der Waals surface area contributed by atoms with Crippen molar-refractivity contribution < 1.29 is 8.42 Å². The fraction of sp³-hybridized carbons (Fsp3) is 0.360. The monoisotopic (exact) mass is 484 g/mol. The Morgan fingerprint density at radius 2 is 1.79 bits per heavy atom. The van der Waals surface area contributed by atoms with Gasteiger partial charge in [0, 0.05) is 12.6 Å². The Morgan fingerprint density at radius 1 is 1.12 bits per heavy atom. The van der Waals surface area contributed by atoms with Crippen LogP contribution in [0.5, 0.6) is 0 Å². The van der Waals surface area contributed by atoms with E-state index in [4.69, 9.17) is 12.2 Å². The molecule has 0 unspecified atom stereocenters. The van der Waals surface area contributed by atoms with E-state index in [0.717, 1.165) is 22.4 Å². The van der Waals surface area contributed by atoms with E-state index in [2.05, 4.69) is 10.3 Å². The Balaban J connectivity index is 1.99. The van der Waals surface area contributed by atoms with E-state index in [0.29, 0.717) is 24.7 Å². The minimum absolute atomic E-state index is 0.0865. The van der Waals surface area contributed by atoms with Gasteiger partial charge < -0.3 is 14.8 Å². The third kappa shape index (κ3) is 6.42. The number of nitrogens with one attached hydrogen (secondary N) is 1. The largest absolute Gasteiger partial charge is 0.360 e. The number of nitrogens with zero attached hydrogens (tertiary/aromatic N) is 3. The van der Waals surface area contributed by atoms with E-state index >= 15 is 0 Å². The summed E-state index contributed by atoms with van der Waals surface area (Å²) in [5.41, 5.74) is 3.54. The molecule has 0 atom stereocenters. The molecule has 0 radical (unpaired) electrons. The lowest BCUT2D eigenvalue weighted by Gasteiger charge is -2.26. The van der Waals surface area contributed by atoms with Crippen molar-refractivity contribution in [2.24, 2.45) is 0 Å². The summed E-state index contributed by atoms with van der Waals surface area (Å²) in [5.74, 6) is -0.0876. The lowest BCUT2D eigenvalue weighted by Crippen LogP contribution is -2.42. The Labute approximate surface area is 202 Å². The maximum Gasteiger partial charge on any atom is 0.228 e. The molecule has 3 aromatic rings. The highest BCUT2D eigenvalue weighted by Gasteiger charge is 2.25. The van der Waals surface area contributed by atoms with Gasteiger partial charge in [-0.2, -0.15) is 0 Å². The van der Waals surface area contributed by atoms with Gasteiger partial charge in [-0.1, -0.05) is 54.6 Å². The van der Waals surface area contributed by atoms with Gasteiger partial charge in [-0.05, 0) is 56.6 Å². The molecular formula is C25H32N4O2S2. The summed E-state index contributed by atoms with van der Waals surface area (Å²) in [7, 11) is -3.66. The SMILES string of the molecule is CCN(Cc1cnc(S(=O)(=O)Cc2ccccc2C)n1Cc1ccccc1)C(=S)NC(C)C. The molecule has 0 aliphatic rings. The second-order valence-electron chi connectivity index (χ2n) is 8.41. The first-order valence-corrected chi connectivity index (χ1v) is 13.2. The predicted octanol–water partition coefficient (Wildman–Crippen LogP) is 4.32. The predicted molar refractivity (Wildman–Crippen MR) is 137 cm³/mol. The van der Waals surface area contributed by atoms with Gasteiger partial charge >= 0.3 is 0 Å². The second-order valence-corrected chi connectivity index (χ2v) is 10.7. The van der Waals surface area contributed by atoms with Crippen molar-refractivity contribution in [1.29, 1.82) is 0 Å². The average Bonchev–Trinajstić information content (AvgIpc) is 3.16. The molecule has 1 aromatic heterocycles. The van der Waals surface area contributed by atoms with Crippen molar-refractivity contribution in [3.05, 3.63) is 83.2 Å². The fourth-order valence-corrected chi connectivity index (χ4v) is 5.63. The number of sulfone groups is 1. The summed E-state index contributed by atoms with van der Waals surface area (Å²) in [6.45, 7) is 9.61. The zero-order valence-electron chi connectivity index (χ0n) is 19.7. The number of hydrogen-bond acceptors (Lipinski definition) is 4. The molecule has 1 heterocycles. The van der Waals surface area contributed by atoms with Crippen molar-refractivity contribution in [2.45, 2.75) is 57.7 Å². The number of thiocarbonyl (C=S) groups is 1. The third-order valence-electron chi connectivity index (χ3n) is 5.40. The molecule has 2 aromatic carbocycles. The summed E-state index contributed by atoms with van der Waals surface area (Å²) in [6.07, 6.45) is 1.66. The quantitative estimate of drug-likeness (QED) is 0.456. The maximum atomic E-state index is 13.5. The molecule has 3 rings (SSSR count). The number of imidazole rings is 1. The van der Waals surface area contributed by atoms with Crippen LogP contribution in [-0.2, 0) is 28.7 Å².